The number of benzene rings is 4. The van der Waals surface area contributed by atoms with Gasteiger partial charge in [0, 0.05) is 53.5 Å². The molecule has 3 aliphatic rings. The average Bonchev–Trinajstić information content (AvgIpc) is 3.43. The molecule has 4 aromatic carbocycles. The van der Waals surface area contributed by atoms with Crippen molar-refractivity contribution in [2.24, 2.45) is 0 Å². The first-order valence-corrected chi connectivity index (χ1v) is 13.2. The minimum absolute atomic E-state index is 0.0157. The van der Waals surface area contributed by atoms with E-state index in [0.29, 0.717) is 32.4 Å². The first kappa shape index (κ1) is 22.4. The monoisotopic (exact) mass is 494 g/mol. The van der Waals surface area contributed by atoms with E-state index >= 15 is 0 Å². The first-order valence-electron chi connectivity index (χ1n) is 13.2. The Bertz CT molecular complexity index is 1580. The van der Waals surface area contributed by atoms with Gasteiger partial charge in [0.15, 0.2) is 0 Å². The largest absolute Gasteiger partial charge is 0.507 e. The SMILES string of the molecule is O=C(CCCC(O)N1CCc2c1cc(O)c1ccccc21)N1CC2(CC2)c2c1cc(O)c1ccccc21. The summed E-state index contributed by atoms with van der Waals surface area (Å²) < 4.78 is 0. The van der Waals surface area contributed by atoms with Gasteiger partial charge in [0.1, 0.15) is 17.7 Å². The van der Waals surface area contributed by atoms with Gasteiger partial charge < -0.3 is 25.1 Å². The highest BCUT2D eigenvalue weighted by Gasteiger charge is 2.54. The second-order valence-electron chi connectivity index (χ2n) is 10.9. The van der Waals surface area contributed by atoms with Gasteiger partial charge in [0.2, 0.25) is 5.91 Å². The number of fused-ring (bicyclic) bond motifs is 7. The van der Waals surface area contributed by atoms with Gasteiger partial charge in [-0.15, -0.1) is 0 Å². The van der Waals surface area contributed by atoms with Gasteiger partial charge in [-0.3, -0.25) is 4.79 Å². The average molecular weight is 495 g/mol. The molecule has 4 aromatic rings. The Balaban J connectivity index is 1.07. The van der Waals surface area contributed by atoms with Gasteiger partial charge in [-0.1, -0.05) is 48.5 Å². The molecule has 1 unspecified atom stereocenters. The molecule has 3 N–H and O–H groups in total. The van der Waals surface area contributed by atoms with E-state index in [1.54, 1.807) is 12.1 Å². The van der Waals surface area contributed by atoms with Crippen LogP contribution >= 0.6 is 0 Å². The fraction of sp³-hybridized carbons (Fsp3) is 0.323. The Hall–Kier alpha value is -3.77. The Labute approximate surface area is 215 Å². The number of aromatic hydroxyl groups is 2. The molecule has 0 radical (unpaired) electrons. The van der Waals surface area contributed by atoms with Crippen molar-refractivity contribution < 1.29 is 20.1 Å². The van der Waals surface area contributed by atoms with E-state index in [0.717, 1.165) is 57.7 Å². The van der Waals surface area contributed by atoms with E-state index in [4.69, 9.17) is 0 Å². The first-order chi connectivity index (χ1) is 18.0. The molecule has 6 nitrogen and oxygen atoms in total. The van der Waals surface area contributed by atoms with Gasteiger partial charge in [-0.05, 0) is 54.0 Å². The van der Waals surface area contributed by atoms with Crippen molar-refractivity contribution in [3.05, 3.63) is 71.8 Å². The number of rotatable bonds is 5. The van der Waals surface area contributed by atoms with Crippen molar-refractivity contribution in [1.29, 1.82) is 0 Å². The standard InChI is InChI=1S/C31H30N2O4/c34-26-16-24-20(19-6-1-2-7-21(19)26)12-15-32(24)28(36)10-5-11-29(37)33-18-31(13-14-31)30-23-9-4-3-8-22(23)27(35)17-25(30)33/h1-4,6-9,16-17,28,34-36H,5,10-15,18H2. The zero-order chi connectivity index (χ0) is 25.3. The second-order valence-corrected chi connectivity index (χ2v) is 10.9. The summed E-state index contributed by atoms with van der Waals surface area (Å²) in [7, 11) is 0. The Morgan fingerprint density at radius 3 is 2.22 bits per heavy atom. The molecule has 1 atom stereocenters. The van der Waals surface area contributed by atoms with Crippen LogP contribution in [0.3, 0.4) is 0 Å². The smallest absolute Gasteiger partial charge is 0.227 e. The molecule has 2 heterocycles. The summed E-state index contributed by atoms with van der Waals surface area (Å²) in [4.78, 5) is 17.2. The number of amides is 1. The zero-order valence-corrected chi connectivity index (χ0v) is 20.7. The molecule has 1 spiro atoms. The molecule has 188 valence electrons. The van der Waals surface area contributed by atoms with Crippen molar-refractivity contribution >= 4 is 38.8 Å². The summed E-state index contributed by atoms with van der Waals surface area (Å²) in [6.45, 7) is 1.36. The highest BCUT2D eigenvalue weighted by molar-refractivity contribution is 6.04. The van der Waals surface area contributed by atoms with Crippen molar-refractivity contribution in [3.63, 3.8) is 0 Å². The topological polar surface area (TPSA) is 84.2 Å². The third kappa shape index (κ3) is 3.39. The van der Waals surface area contributed by atoms with Gasteiger partial charge in [0.25, 0.3) is 0 Å². The molecule has 37 heavy (non-hydrogen) atoms. The van der Waals surface area contributed by atoms with Crippen LogP contribution in [0.1, 0.15) is 43.2 Å². The third-order valence-electron chi connectivity index (χ3n) is 8.67. The minimum atomic E-state index is -0.719. The summed E-state index contributed by atoms with van der Waals surface area (Å²) in [5, 5.41) is 36.0. The molecule has 0 aromatic heterocycles. The van der Waals surface area contributed by atoms with Crippen LogP contribution in [-0.4, -0.2) is 40.5 Å². The van der Waals surface area contributed by atoms with Crippen molar-refractivity contribution in [3.8, 4) is 11.5 Å². The zero-order valence-electron chi connectivity index (χ0n) is 20.7. The van der Waals surface area contributed by atoms with Gasteiger partial charge in [-0.25, -0.2) is 0 Å². The highest BCUT2D eigenvalue weighted by Crippen LogP contribution is 2.59. The van der Waals surface area contributed by atoms with Gasteiger partial charge in [-0.2, -0.15) is 0 Å². The number of phenolic OH excluding ortho intramolecular Hbond substituents is 2. The van der Waals surface area contributed by atoms with E-state index in [9.17, 15) is 20.1 Å². The minimum Gasteiger partial charge on any atom is -0.507 e. The Morgan fingerprint density at radius 1 is 0.892 bits per heavy atom. The molecular weight excluding hydrogens is 464 g/mol. The second kappa shape index (κ2) is 8.12. The fourth-order valence-electron chi connectivity index (χ4n) is 6.67. The molecule has 2 aliphatic heterocycles. The molecule has 1 saturated carbocycles. The van der Waals surface area contributed by atoms with E-state index in [2.05, 4.69) is 0 Å². The molecule has 0 bridgehead atoms. The van der Waals surface area contributed by atoms with Crippen molar-refractivity contribution in [2.45, 2.75) is 50.2 Å². The predicted octanol–water partition coefficient (Wildman–Crippen LogP) is 5.33. The number of aliphatic hydroxyl groups is 1. The summed E-state index contributed by atoms with van der Waals surface area (Å²) in [5.74, 6) is 0.474. The number of carbonyl (C=O) groups is 1. The van der Waals surface area contributed by atoms with E-state index in [1.165, 1.54) is 5.56 Å². The number of phenols is 2. The van der Waals surface area contributed by atoms with Crippen LogP contribution < -0.4 is 9.80 Å². The van der Waals surface area contributed by atoms with Gasteiger partial charge >= 0.3 is 0 Å². The summed E-state index contributed by atoms with van der Waals surface area (Å²) >= 11 is 0. The lowest BCUT2D eigenvalue weighted by Gasteiger charge is -2.26. The molecule has 7 rings (SSSR count). The van der Waals surface area contributed by atoms with E-state index in [-0.39, 0.29) is 22.8 Å². The Kier molecular flexibility index (Phi) is 4.92. The van der Waals surface area contributed by atoms with Crippen LogP contribution in [0.15, 0.2) is 60.7 Å². The lowest BCUT2D eigenvalue weighted by Crippen LogP contribution is -2.34. The van der Waals surface area contributed by atoms with E-state index in [1.807, 2.05) is 58.3 Å². The molecule has 1 aliphatic carbocycles. The maximum Gasteiger partial charge on any atom is 0.227 e. The van der Waals surface area contributed by atoms with Gasteiger partial charge in [0.05, 0.1) is 5.69 Å². The maximum atomic E-state index is 13.4. The number of hydrogen-bond donors (Lipinski definition) is 3. The summed E-state index contributed by atoms with van der Waals surface area (Å²) in [6.07, 6.45) is 3.58. The molecule has 1 fully saturated rings. The van der Waals surface area contributed by atoms with Crippen LogP contribution in [0.4, 0.5) is 11.4 Å². The van der Waals surface area contributed by atoms with Crippen LogP contribution in [0.2, 0.25) is 0 Å². The number of aliphatic hydroxyl groups excluding tert-OH is 1. The number of hydrogen-bond acceptors (Lipinski definition) is 5. The molecule has 1 amide bonds. The normalized spacial score (nSPS) is 18.0. The van der Waals surface area contributed by atoms with Crippen molar-refractivity contribution in [2.75, 3.05) is 22.9 Å². The van der Waals surface area contributed by atoms with Crippen LogP contribution in [-0.2, 0) is 16.6 Å². The molecular formula is C31H30N2O4. The van der Waals surface area contributed by atoms with Crippen LogP contribution in [0.25, 0.3) is 21.5 Å². The molecule has 6 heteroatoms. The lowest BCUT2D eigenvalue weighted by molar-refractivity contribution is -0.118. The quantitative estimate of drug-likeness (QED) is 0.349. The lowest BCUT2D eigenvalue weighted by atomic mass is 9.92. The fourth-order valence-corrected chi connectivity index (χ4v) is 6.67. The van der Waals surface area contributed by atoms with Crippen molar-refractivity contribution in [1.82, 2.24) is 0 Å². The summed E-state index contributed by atoms with van der Waals surface area (Å²) in [6, 6.07) is 19.2. The van der Waals surface area contributed by atoms with Crippen LogP contribution in [0, 0.1) is 0 Å². The maximum absolute atomic E-state index is 13.4. The number of anilines is 2. The predicted molar refractivity (Wildman–Crippen MR) is 145 cm³/mol. The highest BCUT2D eigenvalue weighted by atomic mass is 16.3. The van der Waals surface area contributed by atoms with E-state index < -0.39 is 6.23 Å². The van der Waals surface area contributed by atoms with Crippen LogP contribution in [0.5, 0.6) is 11.5 Å². The molecule has 0 saturated heterocycles. The number of carbonyl (C=O) groups excluding carboxylic acids is 1. The third-order valence-corrected chi connectivity index (χ3v) is 8.67. The summed E-state index contributed by atoms with van der Waals surface area (Å²) in [5.41, 5.74) is 4.09. The number of nitrogens with zero attached hydrogens (tertiary/aromatic N) is 2. The Morgan fingerprint density at radius 2 is 1.51 bits per heavy atom.